The van der Waals surface area contributed by atoms with E-state index in [-0.39, 0.29) is 47.3 Å². The van der Waals surface area contributed by atoms with Gasteiger partial charge in [-0.15, -0.1) is 0 Å². The van der Waals surface area contributed by atoms with E-state index in [9.17, 15) is 19.2 Å². The first-order valence-electron chi connectivity index (χ1n) is 20.7. The van der Waals surface area contributed by atoms with Gasteiger partial charge in [-0.1, -0.05) is 79.1 Å². The molecule has 6 heteroatoms. The third kappa shape index (κ3) is 6.58. The highest BCUT2D eigenvalue weighted by molar-refractivity contribution is 6.00. The molecule has 8 rings (SSSR count). The van der Waals surface area contributed by atoms with Gasteiger partial charge in [0.1, 0.15) is 0 Å². The Morgan fingerprint density at radius 1 is 0.417 bits per heavy atom. The van der Waals surface area contributed by atoms with Crippen LogP contribution in [0.1, 0.15) is 169 Å². The smallest absolute Gasteiger partial charge is 0.232 e. The molecule has 268 valence electrons. The molecule has 8 fully saturated rings. The first-order chi connectivity index (χ1) is 23.0. The highest BCUT2D eigenvalue weighted by Gasteiger charge is 2.66. The predicted molar refractivity (Wildman–Crippen MR) is 188 cm³/mol. The lowest BCUT2D eigenvalue weighted by Gasteiger charge is -2.66. The quantitative estimate of drug-likeness (QED) is 0.266. The molecular weight excluding hydrogens is 596 g/mol. The number of imide groups is 2. The van der Waals surface area contributed by atoms with E-state index >= 15 is 0 Å². The zero-order valence-electron chi connectivity index (χ0n) is 30.9. The van der Waals surface area contributed by atoms with Crippen LogP contribution in [0.2, 0.25) is 0 Å². The van der Waals surface area contributed by atoms with Gasteiger partial charge < -0.3 is 0 Å². The van der Waals surface area contributed by atoms with Crippen LogP contribution in [0.5, 0.6) is 0 Å². The fourth-order valence-electron chi connectivity index (χ4n) is 13.2. The van der Waals surface area contributed by atoms with Gasteiger partial charge in [0.25, 0.3) is 0 Å². The van der Waals surface area contributed by atoms with Gasteiger partial charge in [-0.2, -0.15) is 0 Å². The Hall–Kier alpha value is -1.72. The van der Waals surface area contributed by atoms with Crippen LogP contribution in [0, 0.1) is 59.2 Å². The molecule has 0 aromatic carbocycles. The number of nitrogens with zero attached hydrogens (tertiary/aromatic N) is 2. The Labute approximate surface area is 291 Å². The minimum atomic E-state index is -0.571. The molecule has 8 atom stereocenters. The van der Waals surface area contributed by atoms with Crippen LogP contribution in [0.15, 0.2) is 0 Å². The van der Waals surface area contributed by atoms with Gasteiger partial charge in [0.15, 0.2) is 0 Å². The van der Waals surface area contributed by atoms with Crippen molar-refractivity contribution >= 4 is 23.6 Å². The van der Waals surface area contributed by atoms with E-state index in [1.807, 2.05) is 9.80 Å². The second-order valence-electron chi connectivity index (χ2n) is 19.3. The molecular formula is C42H66N2O4. The van der Waals surface area contributed by atoms with E-state index < -0.39 is 11.1 Å². The molecule has 8 unspecified atom stereocenters. The number of amides is 4. The largest absolute Gasteiger partial charge is 0.276 e. The van der Waals surface area contributed by atoms with Crippen molar-refractivity contribution in [1.82, 2.24) is 9.80 Å². The Morgan fingerprint density at radius 3 is 0.938 bits per heavy atom. The molecule has 6 nitrogen and oxygen atoms in total. The van der Waals surface area contributed by atoms with Crippen LogP contribution >= 0.6 is 0 Å². The van der Waals surface area contributed by atoms with Gasteiger partial charge >= 0.3 is 0 Å². The standard InChI is InChI=1S/C42H66N2O4/c1-27-9-5-13-33(17-27)37(45)43(38(46)34-14-6-10-28(2)18-34)41-22-31-21-32(23-41)25-42(24-31,26-41)44(39(47)35-15-7-11-29(3)19-35)40(48)36-16-8-12-30(4)20-36/h27-36H,5-26H2,1-4H3. The minimum absolute atomic E-state index is 0.0884. The molecule has 0 aromatic heterocycles. The van der Waals surface area contributed by atoms with Crippen LogP contribution in [-0.4, -0.2) is 44.5 Å². The van der Waals surface area contributed by atoms with Gasteiger partial charge in [-0.05, 0) is 125 Å². The summed E-state index contributed by atoms with van der Waals surface area (Å²) in [5, 5.41) is 0. The van der Waals surface area contributed by atoms with Gasteiger partial charge in [0, 0.05) is 23.7 Å². The summed E-state index contributed by atoms with van der Waals surface area (Å²) < 4.78 is 0. The zero-order valence-corrected chi connectivity index (χ0v) is 30.9. The highest BCUT2D eigenvalue weighted by atomic mass is 16.2. The Kier molecular flexibility index (Phi) is 9.96. The molecule has 8 aliphatic carbocycles. The molecule has 0 saturated heterocycles. The minimum Gasteiger partial charge on any atom is -0.276 e. The highest BCUT2D eigenvalue weighted by Crippen LogP contribution is 2.62. The van der Waals surface area contributed by atoms with E-state index in [1.54, 1.807) is 0 Å². The maximum absolute atomic E-state index is 15.0. The Balaban J connectivity index is 1.28. The van der Waals surface area contributed by atoms with Crippen LogP contribution in [0.4, 0.5) is 0 Å². The number of hydrogen-bond donors (Lipinski definition) is 0. The molecule has 0 N–H and O–H groups in total. The number of hydrogen-bond acceptors (Lipinski definition) is 4. The van der Waals surface area contributed by atoms with E-state index in [1.165, 1.54) is 0 Å². The third-order valence-corrected chi connectivity index (χ3v) is 15.0. The second kappa shape index (κ2) is 13.8. The molecule has 48 heavy (non-hydrogen) atoms. The maximum atomic E-state index is 15.0. The topological polar surface area (TPSA) is 74.8 Å². The van der Waals surface area contributed by atoms with Gasteiger partial charge in [0.2, 0.25) is 23.6 Å². The molecule has 0 aromatic rings. The lowest BCUT2D eigenvalue weighted by Crippen LogP contribution is -2.74. The first-order valence-corrected chi connectivity index (χ1v) is 20.7. The molecule has 0 aliphatic heterocycles. The molecule has 0 spiro atoms. The molecule has 4 amide bonds. The molecule has 4 bridgehead atoms. The summed E-state index contributed by atoms with van der Waals surface area (Å²) in [5.74, 6) is 2.72. The van der Waals surface area contributed by atoms with Crippen molar-refractivity contribution in [3.8, 4) is 0 Å². The monoisotopic (exact) mass is 663 g/mol. The Bertz CT molecular complexity index is 1070. The fourth-order valence-corrected chi connectivity index (χ4v) is 13.2. The SMILES string of the molecule is CC1CCCC(C(=O)N(C(=O)C2CCCC(C)C2)C23CC4CC(C2)CC(N(C(=O)C2CCCC(C)C2)C(=O)C2CCCC(C)C2)(C4)C3)C1. The van der Waals surface area contributed by atoms with Crippen LogP contribution < -0.4 is 0 Å². The zero-order chi connectivity index (χ0) is 33.8. The summed E-state index contributed by atoms with van der Waals surface area (Å²) >= 11 is 0. The number of carbonyl (C=O) groups excluding carboxylic acids is 4. The number of rotatable bonds is 6. The first kappa shape index (κ1) is 34.7. The molecule has 0 heterocycles. The van der Waals surface area contributed by atoms with Gasteiger partial charge in [-0.3, -0.25) is 29.0 Å². The van der Waals surface area contributed by atoms with Gasteiger partial charge in [0.05, 0.1) is 11.1 Å². The van der Waals surface area contributed by atoms with E-state index in [0.29, 0.717) is 41.9 Å². The normalized spacial score (nSPS) is 44.2. The van der Waals surface area contributed by atoms with Crippen LogP contribution in [0.25, 0.3) is 0 Å². The van der Waals surface area contributed by atoms with Crippen molar-refractivity contribution in [2.24, 2.45) is 59.2 Å². The predicted octanol–water partition coefficient (Wildman–Crippen LogP) is 9.09. The van der Waals surface area contributed by atoms with Crippen molar-refractivity contribution in [3.63, 3.8) is 0 Å². The van der Waals surface area contributed by atoms with Crippen molar-refractivity contribution in [2.45, 2.75) is 180 Å². The molecule has 0 radical (unpaired) electrons. The summed E-state index contributed by atoms with van der Waals surface area (Å²) in [7, 11) is 0. The lowest BCUT2D eigenvalue weighted by atomic mass is 9.48. The van der Waals surface area contributed by atoms with Crippen molar-refractivity contribution in [3.05, 3.63) is 0 Å². The summed E-state index contributed by atoms with van der Waals surface area (Å²) in [5.41, 5.74) is -1.14. The van der Waals surface area contributed by atoms with Crippen molar-refractivity contribution in [2.75, 3.05) is 0 Å². The summed E-state index contributed by atoms with van der Waals surface area (Å²) in [6, 6.07) is 0. The summed E-state index contributed by atoms with van der Waals surface area (Å²) in [4.78, 5) is 63.8. The van der Waals surface area contributed by atoms with Crippen molar-refractivity contribution in [1.29, 1.82) is 0 Å². The fraction of sp³-hybridized carbons (Fsp3) is 0.905. The Morgan fingerprint density at radius 2 is 0.688 bits per heavy atom. The van der Waals surface area contributed by atoms with E-state index in [4.69, 9.17) is 0 Å². The average Bonchev–Trinajstić information content (AvgIpc) is 3.04. The lowest BCUT2D eigenvalue weighted by molar-refractivity contribution is -0.190. The van der Waals surface area contributed by atoms with E-state index in [0.717, 1.165) is 135 Å². The van der Waals surface area contributed by atoms with E-state index in [2.05, 4.69) is 27.7 Å². The average molecular weight is 663 g/mol. The summed E-state index contributed by atoms with van der Waals surface area (Å²) in [6.07, 6.45) is 21.1. The second-order valence-corrected chi connectivity index (χ2v) is 19.3. The third-order valence-electron chi connectivity index (χ3n) is 15.0. The maximum Gasteiger partial charge on any atom is 0.232 e. The number of carbonyl (C=O) groups is 4. The van der Waals surface area contributed by atoms with Crippen molar-refractivity contribution < 1.29 is 19.2 Å². The van der Waals surface area contributed by atoms with Crippen LogP contribution in [-0.2, 0) is 19.2 Å². The molecule has 8 saturated carbocycles. The van der Waals surface area contributed by atoms with Gasteiger partial charge in [-0.25, -0.2) is 0 Å². The van der Waals surface area contributed by atoms with Crippen LogP contribution in [0.3, 0.4) is 0 Å². The molecule has 8 aliphatic rings. The summed E-state index contributed by atoms with van der Waals surface area (Å²) in [6.45, 7) is 9.06.